The standard InChI is InChI=1S/C6H9ClN4O/c1-4(7)2-8-6(12)5-9-3-10-11-5/h3-4H,2H2,1H3,(H,8,12)(H,9,10,11). The van der Waals surface area contributed by atoms with E-state index >= 15 is 0 Å². The SMILES string of the molecule is CC(Cl)CNC(=O)c1ncn[nH]1. The van der Waals surface area contributed by atoms with Crippen LogP contribution in [0.2, 0.25) is 0 Å². The zero-order valence-corrected chi connectivity index (χ0v) is 7.30. The molecule has 1 atom stereocenters. The molecule has 1 amide bonds. The van der Waals surface area contributed by atoms with Crippen LogP contribution in [0.4, 0.5) is 0 Å². The topological polar surface area (TPSA) is 70.7 Å². The van der Waals surface area contributed by atoms with Gasteiger partial charge in [-0.3, -0.25) is 9.89 Å². The molecular formula is C6H9ClN4O. The van der Waals surface area contributed by atoms with Gasteiger partial charge < -0.3 is 5.32 Å². The third kappa shape index (κ3) is 2.50. The molecule has 0 spiro atoms. The van der Waals surface area contributed by atoms with Crippen molar-refractivity contribution in [3.05, 3.63) is 12.2 Å². The normalized spacial score (nSPS) is 12.5. The van der Waals surface area contributed by atoms with Crippen LogP contribution >= 0.6 is 11.6 Å². The average molecular weight is 189 g/mol. The molecule has 0 aromatic carbocycles. The summed E-state index contributed by atoms with van der Waals surface area (Å²) >= 11 is 5.62. The Hall–Kier alpha value is -1.10. The second-order valence-electron chi connectivity index (χ2n) is 2.32. The number of nitrogens with one attached hydrogen (secondary N) is 2. The van der Waals surface area contributed by atoms with Crippen molar-refractivity contribution in [1.29, 1.82) is 0 Å². The van der Waals surface area contributed by atoms with Crippen molar-refractivity contribution < 1.29 is 4.79 Å². The number of halogens is 1. The lowest BCUT2D eigenvalue weighted by atomic mass is 10.4. The fourth-order valence-corrected chi connectivity index (χ4v) is 0.709. The van der Waals surface area contributed by atoms with Gasteiger partial charge in [0.15, 0.2) is 0 Å². The Kier molecular flexibility index (Phi) is 3.04. The lowest BCUT2D eigenvalue weighted by Crippen LogP contribution is -2.29. The minimum atomic E-state index is -0.292. The van der Waals surface area contributed by atoms with Gasteiger partial charge in [0, 0.05) is 11.9 Å². The Morgan fingerprint density at radius 1 is 1.92 bits per heavy atom. The minimum absolute atomic E-state index is 0.0862. The number of alkyl halides is 1. The molecule has 0 aliphatic heterocycles. The molecule has 12 heavy (non-hydrogen) atoms. The predicted octanol–water partition coefficient (Wildman–Crippen LogP) is 0.162. The van der Waals surface area contributed by atoms with Gasteiger partial charge in [-0.25, -0.2) is 4.98 Å². The number of hydrogen-bond acceptors (Lipinski definition) is 3. The number of aromatic nitrogens is 3. The summed E-state index contributed by atoms with van der Waals surface area (Å²) in [5.41, 5.74) is 0. The highest BCUT2D eigenvalue weighted by Crippen LogP contribution is 1.91. The Bertz CT molecular complexity index is 246. The monoisotopic (exact) mass is 188 g/mol. The van der Waals surface area contributed by atoms with E-state index in [4.69, 9.17) is 11.6 Å². The molecule has 1 aromatic rings. The molecule has 0 aliphatic rings. The van der Waals surface area contributed by atoms with Crippen molar-refractivity contribution in [3.63, 3.8) is 0 Å². The van der Waals surface area contributed by atoms with Gasteiger partial charge in [0.2, 0.25) is 5.82 Å². The number of nitrogens with zero attached hydrogens (tertiary/aromatic N) is 2. The smallest absolute Gasteiger partial charge is 0.288 e. The van der Waals surface area contributed by atoms with E-state index in [2.05, 4.69) is 20.5 Å². The first-order chi connectivity index (χ1) is 5.70. The summed E-state index contributed by atoms with van der Waals surface area (Å²) < 4.78 is 0. The highest BCUT2D eigenvalue weighted by molar-refractivity contribution is 6.20. The van der Waals surface area contributed by atoms with Gasteiger partial charge in [-0.2, -0.15) is 5.10 Å². The fourth-order valence-electron chi connectivity index (χ4n) is 0.632. The van der Waals surface area contributed by atoms with Gasteiger partial charge in [0.25, 0.3) is 5.91 Å². The molecule has 1 unspecified atom stereocenters. The van der Waals surface area contributed by atoms with Crippen molar-refractivity contribution in [2.45, 2.75) is 12.3 Å². The Labute approximate surface area is 74.5 Å². The van der Waals surface area contributed by atoms with Gasteiger partial charge in [0.05, 0.1) is 0 Å². The number of hydrogen-bond donors (Lipinski definition) is 2. The van der Waals surface area contributed by atoms with Crippen LogP contribution in [0.3, 0.4) is 0 Å². The van der Waals surface area contributed by atoms with Gasteiger partial charge in [0.1, 0.15) is 6.33 Å². The molecule has 5 nitrogen and oxygen atoms in total. The molecule has 1 rings (SSSR count). The maximum Gasteiger partial charge on any atom is 0.288 e. The second-order valence-corrected chi connectivity index (χ2v) is 3.07. The summed E-state index contributed by atoms with van der Waals surface area (Å²) in [6.07, 6.45) is 1.28. The van der Waals surface area contributed by atoms with Gasteiger partial charge in [-0.15, -0.1) is 11.6 Å². The zero-order valence-electron chi connectivity index (χ0n) is 6.54. The Morgan fingerprint density at radius 3 is 3.17 bits per heavy atom. The zero-order chi connectivity index (χ0) is 8.97. The third-order valence-corrected chi connectivity index (χ3v) is 1.33. The molecule has 1 aromatic heterocycles. The van der Waals surface area contributed by atoms with Crippen LogP contribution in [-0.2, 0) is 0 Å². The van der Waals surface area contributed by atoms with Crippen LogP contribution in [0.25, 0.3) is 0 Å². The number of amides is 1. The molecule has 2 N–H and O–H groups in total. The van der Waals surface area contributed by atoms with Gasteiger partial charge >= 0.3 is 0 Å². The van der Waals surface area contributed by atoms with Crippen LogP contribution < -0.4 is 5.32 Å². The highest BCUT2D eigenvalue weighted by atomic mass is 35.5. The van der Waals surface area contributed by atoms with Crippen molar-refractivity contribution in [2.24, 2.45) is 0 Å². The van der Waals surface area contributed by atoms with E-state index in [9.17, 15) is 4.79 Å². The first kappa shape index (κ1) is 8.99. The average Bonchev–Trinajstić information content (AvgIpc) is 2.51. The summed E-state index contributed by atoms with van der Waals surface area (Å²) in [5.74, 6) is -0.0904. The van der Waals surface area contributed by atoms with Crippen molar-refractivity contribution in [3.8, 4) is 0 Å². The second kappa shape index (κ2) is 4.06. The fraction of sp³-hybridized carbons (Fsp3) is 0.500. The van der Waals surface area contributed by atoms with Gasteiger partial charge in [-0.05, 0) is 6.92 Å². The first-order valence-corrected chi connectivity index (χ1v) is 3.91. The van der Waals surface area contributed by atoms with E-state index in [-0.39, 0.29) is 17.1 Å². The Morgan fingerprint density at radius 2 is 2.67 bits per heavy atom. The van der Waals surface area contributed by atoms with E-state index in [0.717, 1.165) is 0 Å². The van der Waals surface area contributed by atoms with E-state index in [1.54, 1.807) is 6.92 Å². The lowest BCUT2D eigenvalue weighted by molar-refractivity contribution is 0.0944. The van der Waals surface area contributed by atoms with Crippen LogP contribution in [0.1, 0.15) is 17.5 Å². The summed E-state index contributed by atoms with van der Waals surface area (Å²) in [6, 6.07) is 0. The van der Waals surface area contributed by atoms with Crippen LogP contribution in [0, 0.1) is 0 Å². The molecule has 1 heterocycles. The maximum atomic E-state index is 11.1. The molecular weight excluding hydrogens is 180 g/mol. The summed E-state index contributed by atoms with van der Waals surface area (Å²) in [4.78, 5) is 14.8. The lowest BCUT2D eigenvalue weighted by Gasteiger charge is -2.02. The minimum Gasteiger partial charge on any atom is -0.348 e. The van der Waals surface area contributed by atoms with Gasteiger partial charge in [-0.1, -0.05) is 0 Å². The van der Waals surface area contributed by atoms with Crippen molar-refractivity contribution >= 4 is 17.5 Å². The molecule has 0 fully saturated rings. The third-order valence-electron chi connectivity index (χ3n) is 1.17. The molecule has 6 heteroatoms. The molecule has 0 saturated carbocycles. The largest absolute Gasteiger partial charge is 0.348 e. The van der Waals surface area contributed by atoms with Crippen LogP contribution in [-0.4, -0.2) is 33.0 Å². The molecule has 0 bridgehead atoms. The molecule has 0 aliphatic carbocycles. The Balaban J connectivity index is 2.40. The van der Waals surface area contributed by atoms with Crippen LogP contribution in [0.15, 0.2) is 6.33 Å². The summed E-state index contributed by atoms with van der Waals surface area (Å²) in [5, 5.41) is 8.48. The van der Waals surface area contributed by atoms with Crippen LogP contribution in [0.5, 0.6) is 0 Å². The molecule has 0 saturated heterocycles. The molecule has 0 radical (unpaired) electrons. The number of H-pyrrole nitrogens is 1. The summed E-state index contributed by atoms with van der Waals surface area (Å²) in [7, 11) is 0. The number of aromatic amines is 1. The van der Waals surface area contributed by atoms with Crippen molar-refractivity contribution in [1.82, 2.24) is 20.5 Å². The maximum absolute atomic E-state index is 11.1. The predicted molar refractivity (Wildman–Crippen MR) is 44.0 cm³/mol. The highest BCUT2D eigenvalue weighted by Gasteiger charge is 2.07. The quantitative estimate of drug-likeness (QED) is 0.664. The number of carbonyl (C=O) groups is 1. The van der Waals surface area contributed by atoms with E-state index in [1.165, 1.54) is 6.33 Å². The van der Waals surface area contributed by atoms with E-state index in [1.807, 2.05) is 0 Å². The first-order valence-electron chi connectivity index (χ1n) is 3.48. The van der Waals surface area contributed by atoms with Crippen molar-refractivity contribution in [2.75, 3.05) is 6.54 Å². The number of rotatable bonds is 3. The van der Waals surface area contributed by atoms with E-state index < -0.39 is 0 Å². The molecule has 66 valence electrons. The summed E-state index contributed by atoms with van der Waals surface area (Å²) in [6.45, 7) is 2.21. The van der Waals surface area contributed by atoms with E-state index in [0.29, 0.717) is 6.54 Å². The number of carbonyl (C=O) groups excluding carboxylic acids is 1.